The number of allylic oxidation sites excluding steroid dienone is 2. The number of carbonyl (C=O) groups excluding carboxylic acids is 1. The Kier molecular flexibility index (Phi) is 9.69. The highest BCUT2D eigenvalue weighted by Crippen LogP contribution is 2.36. The molecule has 0 amide bonds. The number of rotatable bonds is 11. The van der Waals surface area contributed by atoms with Crippen molar-refractivity contribution >= 4 is 29.5 Å². The maximum Gasteiger partial charge on any atom is 0.338 e. The number of ether oxygens (including phenoxy) is 3. The first kappa shape index (κ1) is 29.8. The number of methoxy groups -OCH3 is 1. The monoisotopic (exact) mass is 594 g/mol. The Morgan fingerprint density at radius 1 is 1.02 bits per heavy atom. The zero-order valence-electron chi connectivity index (χ0n) is 24.5. The lowest BCUT2D eigenvalue weighted by atomic mass is 9.95. The van der Waals surface area contributed by atoms with Gasteiger partial charge in [0.05, 0.1) is 35.6 Å². The molecule has 1 unspecified atom stereocenters. The molecule has 220 valence electrons. The standard InChI is InChI=1S/C35H34N2O5S/c1-4-5-21-41-28-20-19-27(22-29(28)40-3)32-31(34(39)42-23-26-15-10-7-11-16-26)24(2)36-35-37(32)33(38)30(43-35)18-12-17-25-13-8-6-9-14-25/h6-20,22,32H,4-5,21,23H2,1-3H3/b17-12+,30-18-. The minimum atomic E-state index is -0.765. The van der Waals surface area contributed by atoms with Crippen molar-refractivity contribution in [2.24, 2.45) is 4.99 Å². The molecule has 0 bridgehead atoms. The second-order valence-electron chi connectivity index (χ2n) is 10.0. The van der Waals surface area contributed by atoms with Gasteiger partial charge >= 0.3 is 5.97 Å². The molecule has 43 heavy (non-hydrogen) atoms. The van der Waals surface area contributed by atoms with E-state index in [0.717, 1.165) is 24.0 Å². The van der Waals surface area contributed by atoms with E-state index in [-0.39, 0.29) is 12.2 Å². The Labute approximate surface area is 254 Å². The fraction of sp³-hybridized carbons (Fsp3) is 0.229. The van der Waals surface area contributed by atoms with Gasteiger partial charge in [-0.05, 0) is 48.2 Å². The molecule has 0 fully saturated rings. The number of fused-ring (bicyclic) bond motifs is 1. The molecule has 1 aromatic heterocycles. The maximum absolute atomic E-state index is 13.9. The number of esters is 1. The fourth-order valence-electron chi connectivity index (χ4n) is 4.82. The number of hydrogen-bond donors (Lipinski definition) is 0. The summed E-state index contributed by atoms with van der Waals surface area (Å²) in [6, 6.07) is 24.1. The molecule has 0 N–H and O–H groups in total. The molecule has 3 aromatic carbocycles. The number of aromatic nitrogens is 1. The summed E-state index contributed by atoms with van der Waals surface area (Å²) >= 11 is 1.28. The highest BCUT2D eigenvalue weighted by Gasteiger charge is 2.34. The van der Waals surface area contributed by atoms with Crippen LogP contribution in [-0.4, -0.2) is 24.3 Å². The zero-order valence-corrected chi connectivity index (χ0v) is 25.3. The summed E-state index contributed by atoms with van der Waals surface area (Å²) in [5.74, 6) is 0.593. The molecule has 4 aromatic rings. The first-order chi connectivity index (χ1) is 21.0. The minimum Gasteiger partial charge on any atom is -0.493 e. The van der Waals surface area contributed by atoms with Crippen LogP contribution >= 0.6 is 11.3 Å². The van der Waals surface area contributed by atoms with Crippen molar-refractivity contribution in [3.63, 3.8) is 0 Å². The van der Waals surface area contributed by atoms with Gasteiger partial charge in [-0.2, -0.15) is 0 Å². The van der Waals surface area contributed by atoms with E-state index in [1.165, 1.54) is 11.3 Å². The molecular formula is C35H34N2O5S. The van der Waals surface area contributed by atoms with Crippen LogP contribution in [0.25, 0.3) is 12.2 Å². The normalized spacial score (nSPS) is 14.9. The summed E-state index contributed by atoms with van der Waals surface area (Å²) in [5, 5.41) is 0. The van der Waals surface area contributed by atoms with Crippen LogP contribution in [0, 0.1) is 0 Å². The van der Waals surface area contributed by atoms with Gasteiger partial charge in [0.2, 0.25) is 0 Å². The number of unbranched alkanes of at least 4 members (excludes halogenated alkanes) is 1. The minimum absolute atomic E-state index is 0.103. The summed E-state index contributed by atoms with van der Waals surface area (Å²) in [7, 11) is 1.58. The van der Waals surface area contributed by atoms with E-state index in [0.29, 0.717) is 44.3 Å². The van der Waals surface area contributed by atoms with Gasteiger partial charge in [0.25, 0.3) is 5.56 Å². The predicted molar refractivity (Wildman–Crippen MR) is 170 cm³/mol. The quantitative estimate of drug-likeness (QED) is 0.161. The van der Waals surface area contributed by atoms with Crippen LogP contribution < -0.4 is 24.4 Å². The molecule has 0 aliphatic carbocycles. The zero-order chi connectivity index (χ0) is 30.2. The number of nitrogens with zero attached hydrogens (tertiary/aromatic N) is 2. The largest absolute Gasteiger partial charge is 0.493 e. The lowest BCUT2D eigenvalue weighted by Crippen LogP contribution is -2.39. The molecule has 2 heterocycles. The average molecular weight is 595 g/mol. The van der Waals surface area contributed by atoms with E-state index in [1.807, 2.05) is 91.0 Å². The molecule has 0 radical (unpaired) electrons. The van der Waals surface area contributed by atoms with E-state index in [1.54, 1.807) is 24.7 Å². The van der Waals surface area contributed by atoms with Crippen LogP contribution in [0.15, 0.2) is 106 Å². The molecule has 1 atom stereocenters. The highest BCUT2D eigenvalue weighted by molar-refractivity contribution is 7.07. The summed E-state index contributed by atoms with van der Waals surface area (Å²) in [6.45, 7) is 4.54. The second kappa shape index (κ2) is 14.0. The molecule has 0 saturated heterocycles. The third-order valence-electron chi connectivity index (χ3n) is 7.05. The second-order valence-corrected chi connectivity index (χ2v) is 11.1. The van der Waals surface area contributed by atoms with Gasteiger partial charge in [-0.25, -0.2) is 9.79 Å². The average Bonchev–Trinajstić information content (AvgIpc) is 3.34. The molecule has 7 nitrogen and oxygen atoms in total. The van der Waals surface area contributed by atoms with E-state index >= 15 is 0 Å². The highest BCUT2D eigenvalue weighted by atomic mass is 32.1. The van der Waals surface area contributed by atoms with Crippen LogP contribution in [0.4, 0.5) is 0 Å². The van der Waals surface area contributed by atoms with Crippen molar-refractivity contribution < 1.29 is 19.0 Å². The van der Waals surface area contributed by atoms with Crippen LogP contribution in [0.1, 0.15) is 49.4 Å². The Balaban J connectivity index is 1.57. The van der Waals surface area contributed by atoms with Crippen molar-refractivity contribution in [1.29, 1.82) is 0 Å². The van der Waals surface area contributed by atoms with E-state index < -0.39 is 12.0 Å². The van der Waals surface area contributed by atoms with Crippen LogP contribution in [-0.2, 0) is 16.1 Å². The molecule has 5 rings (SSSR count). The maximum atomic E-state index is 13.9. The van der Waals surface area contributed by atoms with Gasteiger partial charge in [0, 0.05) is 0 Å². The molecule has 1 aliphatic heterocycles. The molecule has 1 aliphatic rings. The number of benzene rings is 3. The Morgan fingerprint density at radius 3 is 2.49 bits per heavy atom. The third kappa shape index (κ3) is 6.87. The molecule has 8 heteroatoms. The van der Waals surface area contributed by atoms with Crippen LogP contribution in [0.3, 0.4) is 0 Å². The van der Waals surface area contributed by atoms with E-state index in [2.05, 4.69) is 6.92 Å². The van der Waals surface area contributed by atoms with Crippen molar-refractivity contribution in [2.45, 2.75) is 39.3 Å². The van der Waals surface area contributed by atoms with Gasteiger partial charge < -0.3 is 14.2 Å². The number of hydrogen-bond acceptors (Lipinski definition) is 7. The predicted octanol–water partition coefficient (Wildman–Crippen LogP) is 5.83. The van der Waals surface area contributed by atoms with Crippen molar-refractivity contribution in [2.75, 3.05) is 13.7 Å². The molecule has 0 spiro atoms. The van der Waals surface area contributed by atoms with Crippen molar-refractivity contribution in [3.05, 3.63) is 133 Å². The fourth-order valence-corrected chi connectivity index (χ4v) is 5.82. The lowest BCUT2D eigenvalue weighted by Gasteiger charge is -2.25. The smallest absolute Gasteiger partial charge is 0.338 e. The Hall–Kier alpha value is -4.69. The van der Waals surface area contributed by atoms with Crippen molar-refractivity contribution in [3.8, 4) is 11.5 Å². The summed E-state index contributed by atoms with van der Waals surface area (Å²) in [6.07, 6.45) is 7.50. The van der Waals surface area contributed by atoms with Crippen LogP contribution in [0.5, 0.6) is 11.5 Å². The summed E-state index contributed by atoms with van der Waals surface area (Å²) in [4.78, 5) is 32.8. The van der Waals surface area contributed by atoms with E-state index in [4.69, 9.17) is 19.2 Å². The molecule has 0 saturated carbocycles. The van der Waals surface area contributed by atoms with Gasteiger partial charge in [-0.15, -0.1) is 0 Å². The molecular weight excluding hydrogens is 560 g/mol. The van der Waals surface area contributed by atoms with Gasteiger partial charge in [0.1, 0.15) is 6.61 Å². The number of carbonyl (C=O) groups is 1. The van der Waals surface area contributed by atoms with Gasteiger partial charge in [0.15, 0.2) is 16.3 Å². The van der Waals surface area contributed by atoms with Crippen LogP contribution in [0.2, 0.25) is 0 Å². The van der Waals surface area contributed by atoms with E-state index in [9.17, 15) is 9.59 Å². The topological polar surface area (TPSA) is 79.1 Å². The first-order valence-electron chi connectivity index (χ1n) is 14.3. The van der Waals surface area contributed by atoms with Crippen molar-refractivity contribution in [1.82, 2.24) is 4.57 Å². The first-order valence-corrected chi connectivity index (χ1v) is 15.1. The third-order valence-corrected chi connectivity index (χ3v) is 8.05. The lowest BCUT2D eigenvalue weighted by molar-refractivity contribution is -0.140. The Morgan fingerprint density at radius 2 is 1.77 bits per heavy atom. The Bertz CT molecular complexity index is 1820. The van der Waals surface area contributed by atoms with Gasteiger partial charge in [-0.3, -0.25) is 9.36 Å². The summed E-state index contributed by atoms with van der Waals surface area (Å²) < 4.78 is 19.5. The summed E-state index contributed by atoms with van der Waals surface area (Å²) in [5.41, 5.74) is 3.14. The number of thiazole rings is 1. The van der Waals surface area contributed by atoms with Gasteiger partial charge in [-0.1, -0.05) is 104 Å². The SMILES string of the molecule is CCCCOc1ccc(C2C(C(=O)OCc3ccccc3)=C(C)N=c3s/c(=C\C=C\c4ccccc4)c(=O)n32)cc1OC.